The molecular weight excluding hydrogens is 174 g/mol. The van der Waals surface area contributed by atoms with Gasteiger partial charge in [-0.2, -0.15) is 4.37 Å². The van der Waals surface area contributed by atoms with Gasteiger partial charge in [-0.05, 0) is 24.4 Å². The molecule has 1 fully saturated rings. The summed E-state index contributed by atoms with van der Waals surface area (Å²) in [5.41, 5.74) is 6.04. The zero-order valence-electron chi connectivity index (χ0n) is 6.41. The second-order valence-corrected chi connectivity index (χ2v) is 3.68. The van der Waals surface area contributed by atoms with E-state index in [9.17, 15) is 4.79 Å². The van der Waals surface area contributed by atoms with Gasteiger partial charge in [-0.3, -0.25) is 4.79 Å². The second kappa shape index (κ2) is 2.75. The van der Waals surface area contributed by atoms with Gasteiger partial charge < -0.3 is 11.1 Å². The minimum atomic E-state index is -0.0937. The van der Waals surface area contributed by atoms with E-state index < -0.39 is 0 Å². The molecule has 1 amide bonds. The summed E-state index contributed by atoms with van der Waals surface area (Å²) in [5.74, 6) is -0.0937. The molecule has 0 aromatic carbocycles. The summed E-state index contributed by atoms with van der Waals surface area (Å²) in [6, 6.07) is 0.372. The summed E-state index contributed by atoms with van der Waals surface area (Å²) >= 11 is 1.15. The Morgan fingerprint density at radius 3 is 3.00 bits per heavy atom. The number of rotatable bonds is 2. The lowest BCUT2D eigenvalue weighted by atomic mass is 10.3. The van der Waals surface area contributed by atoms with Crippen molar-refractivity contribution in [2.75, 3.05) is 5.73 Å². The van der Waals surface area contributed by atoms with Crippen molar-refractivity contribution in [1.82, 2.24) is 9.69 Å². The lowest BCUT2D eigenvalue weighted by molar-refractivity contribution is 0.0952. The first-order valence-corrected chi connectivity index (χ1v) is 4.55. The van der Waals surface area contributed by atoms with Crippen LogP contribution < -0.4 is 11.1 Å². The van der Waals surface area contributed by atoms with Crippen molar-refractivity contribution in [2.45, 2.75) is 18.9 Å². The highest BCUT2D eigenvalue weighted by molar-refractivity contribution is 7.10. The molecule has 0 unspecified atom stereocenters. The molecule has 0 atom stereocenters. The standard InChI is InChI=1S/C7H9N3OS/c8-6-5(3-9-12-6)7(11)10-4-1-2-4/h3-4H,1-2,8H2,(H,10,11). The van der Waals surface area contributed by atoms with Crippen LogP contribution in [0.3, 0.4) is 0 Å². The first-order valence-electron chi connectivity index (χ1n) is 3.78. The molecule has 1 heterocycles. The fourth-order valence-electron chi connectivity index (χ4n) is 0.910. The van der Waals surface area contributed by atoms with E-state index in [1.54, 1.807) is 0 Å². The smallest absolute Gasteiger partial charge is 0.256 e. The zero-order chi connectivity index (χ0) is 8.55. The van der Waals surface area contributed by atoms with Crippen LogP contribution in [0, 0.1) is 0 Å². The van der Waals surface area contributed by atoms with E-state index >= 15 is 0 Å². The third-order valence-corrected chi connectivity index (χ3v) is 2.38. The topological polar surface area (TPSA) is 68.0 Å². The van der Waals surface area contributed by atoms with Gasteiger partial charge in [0.2, 0.25) is 0 Å². The molecule has 12 heavy (non-hydrogen) atoms. The van der Waals surface area contributed by atoms with Gasteiger partial charge in [0.15, 0.2) is 0 Å². The van der Waals surface area contributed by atoms with Crippen LogP contribution in [0.1, 0.15) is 23.2 Å². The predicted octanol–water partition coefficient (Wildman–Crippen LogP) is 0.618. The molecule has 64 valence electrons. The Bertz CT molecular complexity index is 305. The van der Waals surface area contributed by atoms with E-state index in [-0.39, 0.29) is 5.91 Å². The average Bonchev–Trinajstić information content (AvgIpc) is 2.72. The van der Waals surface area contributed by atoms with Gasteiger partial charge >= 0.3 is 0 Å². The van der Waals surface area contributed by atoms with E-state index in [0.717, 1.165) is 24.4 Å². The number of nitrogens with zero attached hydrogens (tertiary/aromatic N) is 1. The van der Waals surface area contributed by atoms with E-state index in [4.69, 9.17) is 5.73 Å². The number of aromatic nitrogens is 1. The number of hydrogen-bond acceptors (Lipinski definition) is 4. The molecule has 1 saturated carbocycles. The number of amides is 1. The van der Waals surface area contributed by atoms with Crippen molar-refractivity contribution in [1.29, 1.82) is 0 Å². The van der Waals surface area contributed by atoms with Crippen molar-refractivity contribution < 1.29 is 4.79 Å². The normalized spacial score (nSPS) is 16.0. The minimum absolute atomic E-state index is 0.0937. The highest BCUT2D eigenvalue weighted by Gasteiger charge is 2.24. The Hall–Kier alpha value is -1.10. The van der Waals surface area contributed by atoms with Crippen LogP contribution in [0.2, 0.25) is 0 Å². The molecule has 0 spiro atoms. The number of nitrogens with one attached hydrogen (secondary N) is 1. The number of carbonyl (C=O) groups excluding carboxylic acids is 1. The third-order valence-electron chi connectivity index (χ3n) is 1.76. The molecule has 1 aromatic heterocycles. The molecular formula is C7H9N3OS. The molecule has 4 nitrogen and oxygen atoms in total. The van der Waals surface area contributed by atoms with E-state index in [0.29, 0.717) is 16.6 Å². The van der Waals surface area contributed by atoms with Gasteiger partial charge in [0, 0.05) is 6.04 Å². The Balaban J connectivity index is 2.07. The fraction of sp³-hybridized carbons (Fsp3) is 0.429. The van der Waals surface area contributed by atoms with Gasteiger partial charge in [0.05, 0.1) is 11.8 Å². The van der Waals surface area contributed by atoms with E-state index in [1.807, 2.05) is 0 Å². The number of carbonyl (C=O) groups is 1. The molecule has 1 aliphatic carbocycles. The van der Waals surface area contributed by atoms with Gasteiger partial charge in [-0.1, -0.05) is 0 Å². The first-order chi connectivity index (χ1) is 5.77. The summed E-state index contributed by atoms with van der Waals surface area (Å²) in [4.78, 5) is 11.4. The van der Waals surface area contributed by atoms with Crippen LogP contribution in [0.25, 0.3) is 0 Å². The van der Waals surface area contributed by atoms with Crippen molar-refractivity contribution in [3.8, 4) is 0 Å². The Morgan fingerprint density at radius 2 is 2.50 bits per heavy atom. The maximum Gasteiger partial charge on any atom is 0.256 e. The van der Waals surface area contributed by atoms with Gasteiger partial charge in [0.1, 0.15) is 5.00 Å². The van der Waals surface area contributed by atoms with Crippen LogP contribution in [0.5, 0.6) is 0 Å². The van der Waals surface area contributed by atoms with Gasteiger partial charge in [0.25, 0.3) is 5.91 Å². The molecule has 5 heteroatoms. The van der Waals surface area contributed by atoms with Crippen molar-refractivity contribution in [3.63, 3.8) is 0 Å². The summed E-state index contributed by atoms with van der Waals surface area (Å²) < 4.78 is 3.83. The van der Waals surface area contributed by atoms with Crippen LogP contribution in [-0.4, -0.2) is 16.3 Å². The van der Waals surface area contributed by atoms with E-state index in [1.165, 1.54) is 6.20 Å². The summed E-state index contributed by atoms with van der Waals surface area (Å²) in [6.07, 6.45) is 3.68. The molecule has 0 aliphatic heterocycles. The summed E-state index contributed by atoms with van der Waals surface area (Å²) in [6.45, 7) is 0. The number of hydrogen-bond donors (Lipinski definition) is 2. The van der Waals surface area contributed by atoms with Crippen LogP contribution in [0.4, 0.5) is 5.00 Å². The highest BCUT2D eigenvalue weighted by Crippen LogP contribution is 2.21. The van der Waals surface area contributed by atoms with Crippen molar-refractivity contribution in [3.05, 3.63) is 11.8 Å². The highest BCUT2D eigenvalue weighted by atomic mass is 32.1. The lowest BCUT2D eigenvalue weighted by Crippen LogP contribution is -2.25. The Kier molecular flexibility index (Phi) is 1.73. The minimum Gasteiger partial charge on any atom is -0.389 e. The summed E-state index contributed by atoms with van der Waals surface area (Å²) in [5, 5.41) is 3.34. The van der Waals surface area contributed by atoms with Crippen LogP contribution >= 0.6 is 11.5 Å². The molecule has 0 saturated heterocycles. The molecule has 1 aromatic rings. The lowest BCUT2D eigenvalue weighted by Gasteiger charge is -1.99. The third kappa shape index (κ3) is 1.40. The van der Waals surface area contributed by atoms with Gasteiger partial charge in [-0.25, -0.2) is 0 Å². The molecule has 0 radical (unpaired) electrons. The van der Waals surface area contributed by atoms with Gasteiger partial charge in [-0.15, -0.1) is 0 Å². The Morgan fingerprint density at radius 1 is 1.75 bits per heavy atom. The predicted molar refractivity (Wildman–Crippen MR) is 47.0 cm³/mol. The van der Waals surface area contributed by atoms with E-state index in [2.05, 4.69) is 9.69 Å². The first kappa shape index (κ1) is 7.54. The van der Waals surface area contributed by atoms with Crippen LogP contribution in [-0.2, 0) is 0 Å². The largest absolute Gasteiger partial charge is 0.389 e. The maximum atomic E-state index is 11.4. The SMILES string of the molecule is Nc1sncc1C(=O)NC1CC1. The summed E-state index contributed by atoms with van der Waals surface area (Å²) in [7, 11) is 0. The van der Waals surface area contributed by atoms with Crippen LogP contribution in [0.15, 0.2) is 6.20 Å². The quantitative estimate of drug-likeness (QED) is 0.706. The number of nitrogen functional groups attached to an aromatic ring is 1. The zero-order valence-corrected chi connectivity index (χ0v) is 7.23. The molecule has 1 aliphatic rings. The van der Waals surface area contributed by atoms with Crippen molar-refractivity contribution in [2.24, 2.45) is 0 Å². The molecule has 0 bridgehead atoms. The number of anilines is 1. The molecule has 3 N–H and O–H groups in total. The second-order valence-electron chi connectivity index (χ2n) is 2.85. The Labute approximate surface area is 73.9 Å². The fourth-order valence-corrected chi connectivity index (χ4v) is 1.43. The molecule has 2 rings (SSSR count). The average molecular weight is 183 g/mol. The van der Waals surface area contributed by atoms with Crippen molar-refractivity contribution >= 4 is 22.4 Å². The maximum absolute atomic E-state index is 11.4. The monoisotopic (exact) mass is 183 g/mol. The number of nitrogens with two attached hydrogens (primary N) is 1.